The van der Waals surface area contributed by atoms with E-state index in [0.29, 0.717) is 30.0 Å². The van der Waals surface area contributed by atoms with E-state index in [2.05, 4.69) is 10.3 Å². The van der Waals surface area contributed by atoms with Crippen molar-refractivity contribution in [3.05, 3.63) is 47.9 Å². The Bertz CT molecular complexity index is 917. The van der Waals surface area contributed by atoms with Gasteiger partial charge in [0, 0.05) is 13.3 Å². The average molecular weight is 324 g/mol. The smallest absolute Gasteiger partial charge is 0.231 e. The number of aromatic nitrogens is 1. The van der Waals surface area contributed by atoms with Crippen LogP contribution in [0.15, 0.2) is 40.8 Å². The molecular formula is C18H16N2O4. The zero-order valence-corrected chi connectivity index (χ0v) is 13.2. The average Bonchev–Trinajstić information content (AvgIpc) is 3.18. The van der Waals surface area contributed by atoms with Crippen molar-refractivity contribution in [2.45, 2.75) is 19.8 Å². The monoisotopic (exact) mass is 324 g/mol. The van der Waals surface area contributed by atoms with E-state index >= 15 is 0 Å². The number of hydrogen-bond donors (Lipinski definition) is 1. The molecule has 1 aliphatic heterocycles. The highest BCUT2D eigenvalue weighted by Gasteiger charge is 2.14. The van der Waals surface area contributed by atoms with Gasteiger partial charge in [0.15, 0.2) is 23.0 Å². The summed E-state index contributed by atoms with van der Waals surface area (Å²) in [4.78, 5) is 16.5. The third kappa shape index (κ3) is 2.78. The fraction of sp³-hybridized carbons (Fsp3) is 0.222. The first kappa shape index (κ1) is 14.6. The summed E-state index contributed by atoms with van der Waals surface area (Å²) in [5.74, 6) is 1.98. The molecular weight excluding hydrogens is 308 g/mol. The lowest BCUT2D eigenvalue weighted by atomic mass is 10.1. The molecule has 122 valence electrons. The number of para-hydroxylation sites is 1. The number of oxazole rings is 1. The summed E-state index contributed by atoms with van der Waals surface area (Å²) in [6.07, 6.45) is 0.983. The van der Waals surface area contributed by atoms with Crippen LogP contribution in [0.2, 0.25) is 0 Å². The van der Waals surface area contributed by atoms with E-state index in [-0.39, 0.29) is 12.7 Å². The van der Waals surface area contributed by atoms with Crippen LogP contribution in [0.5, 0.6) is 11.5 Å². The van der Waals surface area contributed by atoms with Gasteiger partial charge in [-0.3, -0.25) is 4.79 Å². The maximum atomic E-state index is 12.2. The van der Waals surface area contributed by atoms with Crippen LogP contribution in [0.25, 0.3) is 11.1 Å². The molecule has 6 heteroatoms. The zero-order valence-electron chi connectivity index (χ0n) is 13.2. The van der Waals surface area contributed by atoms with Gasteiger partial charge in [-0.2, -0.15) is 0 Å². The van der Waals surface area contributed by atoms with E-state index in [9.17, 15) is 4.79 Å². The first-order chi connectivity index (χ1) is 11.7. The summed E-state index contributed by atoms with van der Waals surface area (Å²) in [7, 11) is 0. The Balaban J connectivity index is 1.43. The number of carbonyl (C=O) groups excluding carboxylic acids is 1. The van der Waals surface area contributed by atoms with Gasteiger partial charge in [0.2, 0.25) is 12.7 Å². The van der Waals surface area contributed by atoms with Crippen LogP contribution >= 0.6 is 0 Å². The molecule has 3 aromatic rings. The van der Waals surface area contributed by atoms with E-state index in [1.807, 2.05) is 36.4 Å². The van der Waals surface area contributed by atoms with Crippen LogP contribution in [-0.4, -0.2) is 17.7 Å². The van der Waals surface area contributed by atoms with E-state index in [1.165, 1.54) is 0 Å². The van der Waals surface area contributed by atoms with Gasteiger partial charge >= 0.3 is 0 Å². The third-order valence-electron chi connectivity index (χ3n) is 3.87. The molecule has 4 rings (SSSR count). The Morgan fingerprint density at radius 2 is 2.08 bits per heavy atom. The summed E-state index contributed by atoms with van der Waals surface area (Å²) >= 11 is 0. The number of amides is 1. The molecule has 0 spiro atoms. The molecule has 0 saturated carbocycles. The second-order valence-corrected chi connectivity index (χ2v) is 5.62. The number of rotatable bonds is 4. The van der Waals surface area contributed by atoms with Crippen LogP contribution in [0.1, 0.15) is 17.9 Å². The number of anilines is 1. The number of benzene rings is 2. The van der Waals surface area contributed by atoms with Crippen LogP contribution in [0.3, 0.4) is 0 Å². The summed E-state index contributed by atoms with van der Waals surface area (Å²) in [5.41, 5.74) is 3.01. The maximum Gasteiger partial charge on any atom is 0.231 e. The lowest BCUT2D eigenvalue weighted by molar-refractivity contribution is -0.116. The lowest BCUT2D eigenvalue weighted by Gasteiger charge is -2.06. The maximum absolute atomic E-state index is 12.2. The summed E-state index contributed by atoms with van der Waals surface area (Å²) < 4.78 is 16.2. The highest BCUT2D eigenvalue weighted by Crippen LogP contribution is 2.32. The SMILES string of the molecule is Cc1nc2cccc(NC(=O)CCc3ccc4c(c3)OCO4)c2o1. The molecule has 0 unspecified atom stereocenters. The fourth-order valence-corrected chi connectivity index (χ4v) is 2.73. The number of aryl methyl sites for hydroxylation is 2. The minimum atomic E-state index is -0.0748. The number of nitrogens with zero attached hydrogens (tertiary/aromatic N) is 1. The molecule has 2 aromatic carbocycles. The number of carbonyl (C=O) groups is 1. The topological polar surface area (TPSA) is 73.6 Å². The Hall–Kier alpha value is -3.02. The highest BCUT2D eigenvalue weighted by molar-refractivity contribution is 5.98. The lowest BCUT2D eigenvalue weighted by Crippen LogP contribution is -2.12. The van der Waals surface area contributed by atoms with E-state index in [4.69, 9.17) is 13.9 Å². The Morgan fingerprint density at radius 3 is 3.00 bits per heavy atom. The molecule has 1 amide bonds. The fourth-order valence-electron chi connectivity index (χ4n) is 2.73. The minimum Gasteiger partial charge on any atom is -0.454 e. The summed E-state index contributed by atoms with van der Waals surface area (Å²) in [6, 6.07) is 11.2. The van der Waals surface area contributed by atoms with Crippen molar-refractivity contribution in [3.8, 4) is 11.5 Å². The van der Waals surface area contributed by atoms with Crippen LogP contribution in [0, 0.1) is 6.92 Å². The summed E-state index contributed by atoms with van der Waals surface area (Å²) in [6.45, 7) is 2.03. The van der Waals surface area contributed by atoms with Crippen LogP contribution in [0.4, 0.5) is 5.69 Å². The van der Waals surface area contributed by atoms with Gasteiger partial charge in [0.1, 0.15) is 5.52 Å². The molecule has 6 nitrogen and oxygen atoms in total. The van der Waals surface area contributed by atoms with E-state index < -0.39 is 0 Å². The molecule has 1 N–H and O–H groups in total. The first-order valence-electron chi connectivity index (χ1n) is 7.73. The van der Waals surface area contributed by atoms with Crippen LogP contribution in [-0.2, 0) is 11.2 Å². The molecule has 0 atom stereocenters. The van der Waals surface area contributed by atoms with Crippen molar-refractivity contribution in [2.75, 3.05) is 12.1 Å². The quantitative estimate of drug-likeness (QED) is 0.796. The largest absolute Gasteiger partial charge is 0.454 e. The van der Waals surface area contributed by atoms with Crippen LogP contribution < -0.4 is 14.8 Å². The van der Waals surface area contributed by atoms with Gasteiger partial charge in [0.25, 0.3) is 0 Å². The Kier molecular flexibility index (Phi) is 3.57. The molecule has 0 bridgehead atoms. The van der Waals surface area contributed by atoms with E-state index in [0.717, 1.165) is 22.6 Å². The summed E-state index contributed by atoms with van der Waals surface area (Å²) in [5, 5.41) is 2.89. The molecule has 1 aromatic heterocycles. The standard InChI is InChI=1S/C18H16N2O4/c1-11-19-13-3-2-4-14(18(13)24-11)20-17(21)8-6-12-5-7-15-16(9-12)23-10-22-15/h2-5,7,9H,6,8,10H2,1H3,(H,20,21). The Morgan fingerprint density at radius 1 is 1.21 bits per heavy atom. The van der Waals surface area contributed by atoms with Crippen molar-refractivity contribution in [1.29, 1.82) is 0 Å². The molecule has 0 radical (unpaired) electrons. The predicted octanol–water partition coefficient (Wildman–Crippen LogP) is 3.44. The zero-order chi connectivity index (χ0) is 16.5. The van der Waals surface area contributed by atoms with Crippen molar-refractivity contribution >= 4 is 22.7 Å². The highest BCUT2D eigenvalue weighted by atomic mass is 16.7. The predicted molar refractivity (Wildman–Crippen MR) is 88.3 cm³/mol. The number of hydrogen-bond acceptors (Lipinski definition) is 5. The van der Waals surface area contributed by atoms with Crippen molar-refractivity contribution in [3.63, 3.8) is 0 Å². The van der Waals surface area contributed by atoms with Gasteiger partial charge < -0.3 is 19.2 Å². The van der Waals surface area contributed by atoms with Gasteiger partial charge in [0.05, 0.1) is 5.69 Å². The molecule has 0 saturated heterocycles. The molecule has 2 heterocycles. The van der Waals surface area contributed by atoms with E-state index in [1.54, 1.807) is 6.92 Å². The minimum absolute atomic E-state index is 0.0748. The van der Waals surface area contributed by atoms with Gasteiger partial charge in [-0.05, 0) is 36.2 Å². The van der Waals surface area contributed by atoms with Gasteiger partial charge in [-0.1, -0.05) is 12.1 Å². The molecule has 1 aliphatic rings. The first-order valence-corrected chi connectivity index (χ1v) is 7.73. The van der Waals surface area contributed by atoms with Crippen molar-refractivity contribution in [1.82, 2.24) is 4.98 Å². The molecule has 24 heavy (non-hydrogen) atoms. The normalized spacial score (nSPS) is 12.5. The van der Waals surface area contributed by atoms with Gasteiger partial charge in [-0.25, -0.2) is 4.98 Å². The number of nitrogens with one attached hydrogen (secondary N) is 1. The number of ether oxygens (including phenoxy) is 2. The van der Waals surface area contributed by atoms with Crippen molar-refractivity contribution in [2.24, 2.45) is 0 Å². The van der Waals surface area contributed by atoms with Crippen molar-refractivity contribution < 1.29 is 18.7 Å². The third-order valence-corrected chi connectivity index (χ3v) is 3.87. The second-order valence-electron chi connectivity index (χ2n) is 5.62. The second kappa shape index (κ2) is 5.88. The molecule has 0 aliphatic carbocycles. The Labute approximate surface area is 138 Å². The molecule has 0 fully saturated rings. The number of fused-ring (bicyclic) bond motifs is 2. The van der Waals surface area contributed by atoms with Gasteiger partial charge in [-0.15, -0.1) is 0 Å².